The lowest BCUT2D eigenvalue weighted by molar-refractivity contribution is 0.0523. The van der Waals surface area contributed by atoms with E-state index in [0.717, 1.165) is 0 Å². The van der Waals surface area contributed by atoms with Crippen LogP contribution in [0, 0.1) is 0 Å². The van der Waals surface area contributed by atoms with Gasteiger partial charge in [-0.15, -0.1) is 0 Å². The van der Waals surface area contributed by atoms with Gasteiger partial charge in [0.1, 0.15) is 0 Å². The summed E-state index contributed by atoms with van der Waals surface area (Å²) in [6, 6.07) is 11.8. The van der Waals surface area contributed by atoms with Crippen molar-refractivity contribution in [1.82, 2.24) is 0 Å². The zero-order valence-electron chi connectivity index (χ0n) is 14.8. The fourth-order valence-corrected chi connectivity index (χ4v) is 2.74. The summed E-state index contributed by atoms with van der Waals surface area (Å²) in [4.78, 5) is 27.2. The first-order valence-corrected chi connectivity index (χ1v) is 8.42. The van der Waals surface area contributed by atoms with Crippen LogP contribution < -0.4 is 4.90 Å². The van der Waals surface area contributed by atoms with E-state index in [0.29, 0.717) is 24.3 Å². The van der Waals surface area contributed by atoms with Crippen LogP contribution in [0.25, 0.3) is 0 Å². The molecule has 2 aromatic rings. The second kappa shape index (κ2) is 8.33. The van der Waals surface area contributed by atoms with Gasteiger partial charge in [0.25, 0.3) is 0 Å². The Morgan fingerprint density at radius 1 is 1.00 bits per heavy atom. The van der Waals surface area contributed by atoms with E-state index in [1.165, 1.54) is 0 Å². The molecule has 0 aliphatic heterocycles. The van der Waals surface area contributed by atoms with Crippen molar-refractivity contribution in [2.75, 3.05) is 24.6 Å². The van der Waals surface area contributed by atoms with E-state index in [1.807, 2.05) is 18.7 Å². The number of esters is 1. The van der Waals surface area contributed by atoms with Crippen LogP contribution in [0.2, 0.25) is 0 Å². The first-order chi connectivity index (χ1) is 12.0. The van der Waals surface area contributed by atoms with Gasteiger partial charge in [0, 0.05) is 18.7 Å². The second-order valence-corrected chi connectivity index (χ2v) is 5.44. The topological polar surface area (TPSA) is 66.8 Å². The van der Waals surface area contributed by atoms with Crippen molar-refractivity contribution < 1.29 is 19.4 Å². The first kappa shape index (κ1) is 18.5. The quantitative estimate of drug-likeness (QED) is 0.615. The van der Waals surface area contributed by atoms with E-state index in [-0.39, 0.29) is 23.5 Å². The summed E-state index contributed by atoms with van der Waals surface area (Å²) in [5.41, 5.74) is 0.982. The molecule has 0 saturated heterocycles. The summed E-state index contributed by atoms with van der Waals surface area (Å²) in [5, 5.41) is 10.8. The van der Waals surface area contributed by atoms with E-state index in [4.69, 9.17) is 4.74 Å². The van der Waals surface area contributed by atoms with Crippen LogP contribution in [0.15, 0.2) is 42.5 Å². The third-order valence-corrected chi connectivity index (χ3v) is 4.02. The number of carbonyl (C=O) groups excluding carboxylic acids is 2. The Kier molecular flexibility index (Phi) is 6.17. The lowest BCUT2D eigenvalue weighted by Crippen LogP contribution is -2.23. The molecule has 132 valence electrons. The highest BCUT2D eigenvalue weighted by Crippen LogP contribution is 2.35. The maximum atomic E-state index is 13.0. The predicted molar refractivity (Wildman–Crippen MR) is 97.5 cm³/mol. The first-order valence-electron chi connectivity index (χ1n) is 8.42. The Labute approximate surface area is 147 Å². The van der Waals surface area contributed by atoms with Crippen molar-refractivity contribution in [1.29, 1.82) is 0 Å². The van der Waals surface area contributed by atoms with Gasteiger partial charge in [-0.3, -0.25) is 4.79 Å². The van der Waals surface area contributed by atoms with Gasteiger partial charge in [0.15, 0.2) is 11.5 Å². The molecule has 0 aromatic heterocycles. The van der Waals surface area contributed by atoms with Crippen molar-refractivity contribution >= 4 is 17.4 Å². The number of ketones is 1. The Balaban J connectivity index is 2.65. The van der Waals surface area contributed by atoms with Crippen LogP contribution in [0.4, 0.5) is 5.69 Å². The molecule has 25 heavy (non-hydrogen) atoms. The van der Waals surface area contributed by atoms with Crippen LogP contribution in [-0.2, 0) is 4.74 Å². The minimum absolute atomic E-state index is 0.0194. The minimum Gasteiger partial charge on any atom is -0.505 e. The molecule has 0 fully saturated rings. The third-order valence-electron chi connectivity index (χ3n) is 4.02. The number of phenolic OH excluding ortho intramolecular Hbond substituents is 1. The number of anilines is 1. The van der Waals surface area contributed by atoms with E-state index < -0.39 is 11.8 Å². The summed E-state index contributed by atoms with van der Waals surface area (Å²) in [7, 11) is 0. The van der Waals surface area contributed by atoms with E-state index >= 15 is 0 Å². The number of carbonyl (C=O) groups is 2. The Morgan fingerprint density at radius 2 is 1.64 bits per heavy atom. The number of ether oxygens (including phenoxy) is 1. The third kappa shape index (κ3) is 3.82. The summed E-state index contributed by atoms with van der Waals surface area (Å²) < 4.78 is 5.05. The van der Waals surface area contributed by atoms with Crippen LogP contribution in [-0.4, -0.2) is 36.6 Å². The van der Waals surface area contributed by atoms with Gasteiger partial charge in [-0.25, -0.2) is 4.79 Å². The zero-order valence-corrected chi connectivity index (χ0v) is 14.8. The van der Waals surface area contributed by atoms with Crippen molar-refractivity contribution in [2.45, 2.75) is 20.8 Å². The fourth-order valence-electron chi connectivity index (χ4n) is 2.74. The molecule has 0 atom stereocenters. The molecule has 5 nitrogen and oxygen atoms in total. The number of benzene rings is 2. The smallest absolute Gasteiger partial charge is 0.339 e. The minimum atomic E-state index is -0.622. The molecule has 2 aromatic carbocycles. The number of hydrogen-bond acceptors (Lipinski definition) is 5. The van der Waals surface area contributed by atoms with Crippen LogP contribution in [0.1, 0.15) is 47.1 Å². The molecule has 5 heteroatoms. The van der Waals surface area contributed by atoms with Crippen LogP contribution >= 0.6 is 0 Å². The van der Waals surface area contributed by atoms with E-state index in [1.54, 1.807) is 49.4 Å². The SMILES string of the molecule is CCOC(=O)c1ccc(N(CC)CC)c(O)c1C(=O)c1ccccc1. The van der Waals surface area contributed by atoms with Gasteiger partial charge in [0.2, 0.25) is 0 Å². The molecule has 0 radical (unpaired) electrons. The number of phenols is 1. The maximum Gasteiger partial charge on any atom is 0.339 e. The number of hydrogen-bond donors (Lipinski definition) is 1. The second-order valence-electron chi connectivity index (χ2n) is 5.44. The van der Waals surface area contributed by atoms with Gasteiger partial charge in [-0.2, -0.15) is 0 Å². The average molecular weight is 341 g/mol. The van der Waals surface area contributed by atoms with E-state index in [2.05, 4.69) is 0 Å². The summed E-state index contributed by atoms with van der Waals surface area (Å²) in [6.07, 6.45) is 0. The average Bonchev–Trinajstić information content (AvgIpc) is 2.64. The fraction of sp³-hybridized carbons (Fsp3) is 0.300. The molecular formula is C20H23NO4. The van der Waals surface area contributed by atoms with Gasteiger partial charge >= 0.3 is 5.97 Å². The predicted octanol–water partition coefficient (Wildman–Crippen LogP) is 3.65. The van der Waals surface area contributed by atoms with Gasteiger partial charge in [-0.05, 0) is 32.9 Å². The maximum absolute atomic E-state index is 13.0. The van der Waals surface area contributed by atoms with Gasteiger partial charge in [0.05, 0.1) is 23.4 Å². The Hall–Kier alpha value is -2.82. The molecule has 0 bridgehead atoms. The highest BCUT2D eigenvalue weighted by atomic mass is 16.5. The standard InChI is InChI=1S/C20H23NO4/c1-4-21(5-2)16-13-12-15(20(24)25-6-3)17(19(16)23)18(22)14-10-8-7-9-11-14/h7-13,23H,4-6H2,1-3H3. The van der Waals surface area contributed by atoms with Gasteiger partial charge in [-0.1, -0.05) is 30.3 Å². The normalized spacial score (nSPS) is 10.4. The molecule has 0 aliphatic rings. The van der Waals surface area contributed by atoms with Crippen LogP contribution in [0.3, 0.4) is 0 Å². The van der Waals surface area contributed by atoms with Crippen molar-refractivity contribution in [3.8, 4) is 5.75 Å². The molecule has 0 aliphatic carbocycles. The monoisotopic (exact) mass is 341 g/mol. The lowest BCUT2D eigenvalue weighted by Gasteiger charge is -2.24. The molecule has 0 heterocycles. The summed E-state index contributed by atoms with van der Waals surface area (Å²) >= 11 is 0. The number of nitrogens with zero attached hydrogens (tertiary/aromatic N) is 1. The van der Waals surface area contributed by atoms with E-state index in [9.17, 15) is 14.7 Å². The van der Waals surface area contributed by atoms with Crippen molar-refractivity contribution in [3.63, 3.8) is 0 Å². The van der Waals surface area contributed by atoms with Crippen molar-refractivity contribution in [3.05, 3.63) is 59.2 Å². The van der Waals surface area contributed by atoms with Gasteiger partial charge < -0.3 is 14.7 Å². The molecule has 2 rings (SSSR count). The van der Waals surface area contributed by atoms with Crippen molar-refractivity contribution in [2.24, 2.45) is 0 Å². The lowest BCUT2D eigenvalue weighted by atomic mass is 9.96. The molecular weight excluding hydrogens is 318 g/mol. The molecule has 0 spiro atoms. The molecule has 1 N–H and O–H groups in total. The zero-order chi connectivity index (χ0) is 18.4. The Morgan fingerprint density at radius 3 is 2.20 bits per heavy atom. The van der Waals surface area contributed by atoms with Crippen LogP contribution in [0.5, 0.6) is 5.75 Å². The molecule has 0 saturated carbocycles. The molecule has 0 amide bonds. The highest BCUT2D eigenvalue weighted by molar-refractivity contribution is 6.17. The Bertz CT molecular complexity index is 752. The molecule has 0 unspecified atom stereocenters. The highest BCUT2D eigenvalue weighted by Gasteiger charge is 2.26. The largest absolute Gasteiger partial charge is 0.505 e. The summed E-state index contributed by atoms with van der Waals surface area (Å²) in [6.45, 7) is 7.14. The number of aromatic hydroxyl groups is 1. The summed E-state index contributed by atoms with van der Waals surface area (Å²) in [5.74, 6) is -1.22. The number of rotatable bonds is 7.